The highest BCUT2D eigenvalue weighted by atomic mass is 16.5. The third-order valence-corrected chi connectivity index (χ3v) is 5.75. The zero-order valence-corrected chi connectivity index (χ0v) is 17.0. The van der Waals surface area contributed by atoms with E-state index in [0.29, 0.717) is 25.9 Å². The van der Waals surface area contributed by atoms with E-state index in [9.17, 15) is 9.59 Å². The van der Waals surface area contributed by atoms with Crippen molar-refractivity contribution < 1.29 is 18.7 Å². The van der Waals surface area contributed by atoms with Crippen LogP contribution in [0.3, 0.4) is 0 Å². The van der Waals surface area contributed by atoms with Gasteiger partial charge in [-0.3, -0.25) is 9.59 Å². The molecule has 0 spiro atoms. The van der Waals surface area contributed by atoms with Crippen LogP contribution in [0.2, 0.25) is 0 Å². The first-order valence-electron chi connectivity index (χ1n) is 10.4. The third-order valence-electron chi connectivity index (χ3n) is 5.75. The van der Waals surface area contributed by atoms with Crippen molar-refractivity contribution in [3.05, 3.63) is 54.0 Å². The van der Waals surface area contributed by atoms with Gasteiger partial charge in [0.1, 0.15) is 5.75 Å². The summed E-state index contributed by atoms with van der Waals surface area (Å²) in [5.74, 6) is 0.903. The number of benzene rings is 1. The highest BCUT2D eigenvalue weighted by Crippen LogP contribution is 2.39. The number of methoxy groups -OCH3 is 1. The van der Waals surface area contributed by atoms with Crippen LogP contribution in [0.25, 0.3) is 0 Å². The topological polar surface area (TPSA) is 80.6 Å². The van der Waals surface area contributed by atoms with Crippen LogP contribution in [0, 0.1) is 0 Å². The molecule has 1 aromatic carbocycles. The van der Waals surface area contributed by atoms with Gasteiger partial charge in [0.05, 0.1) is 13.4 Å². The van der Waals surface area contributed by atoms with Crippen LogP contribution < -0.4 is 15.4 Å². The van der Waals surface area contributed by atoms with Crippen molar-refractivity contribution in [2.75, 3.05) is 20.2 Å². The molecule has 0 unspecified atom stereocenters. The molecule has 0 atom stereocenters. The van der Waals surface area contributed by atoms with Gasteiger partial charge in [0.15, 0.2) is 5.76 Å². The number of furan rings is 1. The number of carbonyl (C=O) groups excluding carboxylic acids is 2. The van der Waals surface area contributed by atoms with E-state index in [0.717, 1.165) is 18.6 Å². The van der Waals surface area contributed by atoms with Gasteiger partial charge in [-0.1, -0.05) is 31.4 Å². The molecule has 2 aromatic rings. The summed E-state index contributed by atoms with van der Waals surface area (Å²) in [7, 11) is 1.67. The molecule has 1 fully saturated rings. The standard InChI is InChI=1S/C23H30N2O4/c1-28-19-11-9-18(10-12-19)23(13-3-2-4-14-23)17-25-21(26)8-5-15-24-22(27)20-7-6-16-29-20/h6-7,9-12,16H,2-5,8,13-15,17H2,1H3,(H,24,27)(H,25,26). The van der Waals surface area contributed by atoms with E-state index in [1.54, 1.807) is 19.2 Å². The molecule has 0 bridgehead atoms. The molecule has 0 saturated heterocycles. The van der Waals surface area contributed by atoms with Crippen LogP contribution in [0.1, 0.15) is 61.1 Å². The molecule has 6 nitrogen and oxygen atoms in total. The summed E-state index contributed by atoms with van der Waals surface area (Å²) in [4.78, 5) is 24.2. The van der Waals surface area contributed by atoms with Crippen molar-refractivity contribution in [3.8, 4) is 5.75 Å². The molecule has 2 amide bonds. The number of amides is 2. The molecule has 1 aliphatic rings. The first kappa shape index (κ1) is 21.0. The normalized spacial score (nSPS) is 15.5. The second-order valence-corrected chi connectivity index (χ2v) is 7.68. The lowest BCUT2D eigenvalue weighted by atomic mass is 9.69. The maximum atomic E-state index is 12.4. The summed E-state index contributed by atoms with van der Waals surface area (Å²) < 4.78 is 10.3. The molecular weight excluding hydrogens is 368 g/mol. The number of hydrogen-bond donors (Lipinski definition) is 2. The SMILES string of the molecule is COc1ccc(C2(CNC(=O)CCCNC(=O)c3ccco3)CCCCC2)cc1. The van der Waals surface area contributed by atoms with Crippen LogP contribution in [0.15, 0.2) is 47.1 Å². The van der Waals surface area contributed by atoms with Crippen LogP contribution in [0.5, 0.6) is 5.75 Å². The van der Waals surface area contributed by atoms with Gasteiger partial charge in [-0.05, 0) is 49.1 Å². The molecule has 0 radical (unpaired) electrons. The molecule has 156 valence electrons. The molecule has 29 heavy (non-hydrogen) atoms. The zero-order chi connectivity index (χ0) is 20.5. The van der Waals surface area contributed by atoms with Crippen LogP contribution >= 0.6 is 0 Å². The Morgan fingerprint density at radius 3 is 2.48 bits per heavy atom. The molecule has 1 aromatic heterocycles. The summed E-state index contributed by atoms with van der Waals surface area (Å²) in [6, 6.07) is 11.5. The first-order valence-corrected chi connectivity index (χ1v) is 10.4. The van der Waals surface area contributed by atoms with E-state index in [1.165, 1.54) is 31.1 Å². The minimum atomic E-state index is -0.254. The Labute approximate surface area is 172 Å². The van der Waals surface area contributed by atoms with Gasteiger partial charge in [0, 0.05) is 24.9 Å². The summed E-state index contributed by atoms with van der Waals surface area (Å²) in [6.45, 7) is 1.09. The number of rotatable bonds is 9. The largest absolute Gasteiger partial charge is 0.497 e. The number of carbonyl (C=O) groups is 2. The predicted octanol–water partition coefficient (Wildman–Crippen LogP) is 3.82. The lowest BCUT2D eigenvalue weighted by molar-refractivity contribution is -0.121. The van der Waals surface area contributed by atoms with Crippen molar-refractivity contribution >= 4 is 11.8 Å². The lowest BCUT2D eigenvalue weighted by Gasteiger charge is -2.38. The van der Waals surface area contributed by atoms with Gasteiger partial charge in [-0.25, -0.2) is 0 Å². The Bertz CT molecular complexity index is 778. The van der Waals surface area contributed by atoms with Gasteiger partial charge in [0.2, 0.25) is 5.91 Å². The van der Waals surface area contributed by atoms with Crippen molar-refractivity contribution in [1.82, 2.24) is 10.6 Å². The Hall–Kier alpha value is -2.76. The summed E-state index contributed by atoms with van der Waals surface area (Å²) in [5.41, 5.74) is 1.26. The smallest absolute Gasteiger partial charge is 0.286 e. The highest BCUT2D eigenvalue weighted by molar-refractivity contribution is 5.91. The fraction of sp³-hybridized carbons (Fsp3) is 0.478. The van der Waals surface area contributed by atoms with Crippen molar-refractivity contribution in [1.29, 1.82) is 0 Å². The number of ether oxygens (including phenoxy) is 1. The molecule has 1 saturated carbocycles. The lowest BCUT2D eigenvalue weighted by Crippen LogP contribution is -2.42. The van der Waals surface area contributed by atoms with Crippen molar-refractivity contribution in [3.63, 3.8) is 0 Å². The second kappa shape index (κ2) is 10.1. The Morgan fingerprint density at radius 2 is 1.83 bits per heavy atom. The number of nitrogens with one attached hydrogen (secondary N) is 2. The van der Waals surface area contributed by atoms with E-state index in [-0.39, 0.29) is 23.0 Å². The van der Waals surface area contributed by atoms with E-state index in [4.69, 9.17) is 9.15 Å². The van der Waals surface area contributed by atoms with Crippen LogP contribution in [-0.4, -0.2) is 32.0 Å². The predicted molar refractivity (Wildman–Crippen MR) is 111 cm³/mol. The van der Waals surface area contributed by atoms with Gasteiger partial charge < -0.3 is 19.8 Å². The molecular formula is C23H30N2O4. The highest BCUT2D eigenvalue weighted by Gasteiger charge is 2.34. The fourth-order valence-corrected chi connectivity index (χ4v) is 4.04. The van der Waals surface area contributed by atoms with Gasteiger partial charge in [-0.2, -0.15) is 0 Å². The van der Waals surface area contributed by atoms with E-state index in [1.807, 2.05) is 12.1 Å². The molecule has 1 aliphatic carbocycles. The minimum absolute atomic E-state index is 0.00627. The zero-order valence-electron chi connectivity index (χ0n) is 17.0. The third kappa shape index (κ3) is 5.62. The minimum Gasteiger partial charge on any atom is -0.497 e. The molecule has 3 rings (SSSR count). The van der Waals surface area contributed by atoms with Crippen molar-refractivity contribution in [2.45, 2.75) is 50.4 Å². The maximum Gasteiger partial charge on any atom is 0.286 e. The second-order valence-electron chi connectivity index (χ2n) is 7.68. The summed E-state index contributed by atoms with van der Waals surface area (Å²) >= 11 is 0. The molecule has 6 heteroatoms. The first-order chi connectivity index (χ1) is 14.1. The Balaban J connectivity index is 1.47. The maximum absolute atomic E-state index is 12.4. The molecule has 0 aliphatic heterocycles. The Kier molecular flexibility index (Phi) is 7.33. The summed E-state index contributed by atoms with van der Waals surface area (Å²) in [6.07, 6.45) is 8.22. The average molecular weight is 399 g/mol. The van der Waals surface area contributed by atoms with Crippen molar-refractivity contribution in [2.24, 2.45) is 0 Å². The van der Waals surface area contributed by atoms with E-state index in [2.05, 4.69) is 22.8 Å². The summed E-state index contributed by atoms with van der Waals surface area (Å²) in [5, 5.41) is 5.90. The van der Waals surface area contributed by atoms with Gasteiger partial charge >= 0.3 is 0 Å². The van der Waals surface area contributed by atoms with Gasteiger partial charge in [-0.15, -0.1) is 0 Å². The molecule has 1 heterocycles. The monoisotopic (exact) mass is 398 g/mol. The van der Waals surface area contributed by atoms with E-state index >= 15 is 0 Å². The average Bonchev–Trinajstić information content (AvgIpc) is 3.31. The quantitative estimate of drug-likeness (QED) is 0.630. The van der Waals surface area contributed by atoms with Crippen LogP contribution in [0.4, 0.5) is 0 Å². The van der Waals surface area contributed by atoms with Gasteiger partial charge in [0.25, 0.3) is 5.91 Å². The van der Waals surface area contributed by atoms with E-state index < -0.39 is 0 Å². The number of hydrogen-bond acceptors (Lipinski definition) is 4. The Morgan fingerprint density at radius 1 is 1.07 bits per heavy atom. The van der Waals surface area contributed by atoms with Crippen LogP contribution in [-0.2, 0) is 10.2 Å². The fourth-order valence-electron chi connectivity index (χ4n) is 4.04. The molecule has 2 N–H and O–H groups in total.